The number of benzene rings is 2. The van der Waals surface area contributed by atoms with Crippen molar-refractivity contribution in [2.75, 3.05) is 6.61 Å². The first-order valence-electron chi connectivity index (χ1n) is 7.45. The number of hydrogen-bond donors (Lipinski definition) is 1. The monoisotopic (exact) mass is 408 g/mol. The smallest absolute Gasteiger partial charge is 0.277 e. The van der Waals surface area contributed by atoms with E-state index < -0.39 is 0 Å². The van der Waals surface area contributed by atoms with E-state index in [0.29, 0.717) is 16.7 Å². The van der Waals surface area contributed by atoms with E-state index in [9.17, 15) is 4.79 Å². The lowest BCUT2D eigenvalue weighted by Gasteiger charge is -2.10. The van der Waals surface area contributed by atoms with Crippen molar-refractivity contribution in [2.45, 2.75) is 19.8 Å². The van der Waals surface area contributed by atoms with Crippen molar-refractivity contribution in [1.29, 1.82) is 0 Å². The van der Waals surface area contributed by atoms with Crippen LogP contribution in [0.5, 0.6) is 5.75 Å². The normalized spacial score (nSPS) is 11.0. The number of ether oxygens (including phenoxy) is 1. The molecular weight excluding hydrogens is 392 g/mol. The SMILES string of the molecule is CC(C)c1ccc(OCC(=O)NN=Cc2cccc(Cl)c2)c(Br)c1. The van der Waals surface area contributed by atoms with E-state index in [-0.39, 0.29) is 12.5 Å². The molecule has 6 heteroatoms. The molecule has 2 rings (SSSR count). The Balaban J connectivity index is 1.85. The standard InChI is InChI=1S/C18H18BrClN2O2/c1-12(2)14-6-7-17(16(19)9-14)24-11-18(23)22-21-10-13-4-3-5-15(20)8-13/h3-10,12H,11H2,1-2H3,(H,22,23). The van der Waals surface area contributed by atoms with Gasteiger partial charge in [-0.15, -0.1) is 0 Å². The Morgan fingerprint density at radius 3 is 2.79 bits per heavy atom. The highest BCUT2D eigenvalue weighted by atomic mass is 79.9. The first kappa shape index (κ1) is 18.5. The molecule has 4 nitrogen and oxygen atoms in total. The largest absolute Gasteiger partial charge is 0.483 e. The molecule has 0 saturated heterocycles. The van der Waals surface area contributed by atoms with Crippen LogP contribution in [0.3, 0.4) is 0 Å². The van der Waals surface area contributed by atoms with Crippen molar-refractivity contribution < 1.29 is 9.53 Å². The fourth-order valence-electron chi connectivity index (χ4n) is 1.93. The van der Waals surface area contributed by atoms with Gasteiger partial charge in [-0.3, -0.25) is 4.79 Å². The molecule has 1 amide bonds. The summed E-state index contributed by atoms with van der Waals surface area (Å²) in [4.78, 5) is 11.8. The van der Waals surface area contributed by atoms with Crippen LogP contribution in [-0.2, 0) is 4.79 Å². The molecule has 1 N–H and O–H groups in total. The zero-order valence-electron chi connectivity index (χ0n) is 13.4. The van der Waals surface area contributed by atoms with Crippen molar-refractivity contribution in [3.05, 3.63) is 63.1 Å². The Hall–Kier alpha value is -1.85. The third-order valence-corrected chi connectivity index (χ3v) is 4.09. The zero-order valence-corrected chi connectivity index (χ0v) is 15.8. The van der Waals surface area contributed by atoms with E-state index in [2.05, 4.69) is 40.3 Å². The Labute approximate surface area is 155 Å². The van der Waals surface area contributed by atoms with Crippen molar-refractivity contribution in [3.63, 3.8) is 0 Å². The first-order valence-corrected chi connectivity index (χ1v) is 8.62. The highest BCUT2D eigenvalue weighted by Crippen LogP contribution is 2.28. The summed E-state index contributed by atoms with van der Waals surface area (Å²) in [5, 5.41) is 4.49. The summed E-state index contributed by atoms with van der Waals surface area (Å²) in [6.45, 7) is 4.12. The van der Waals surface area contributed by atoms with Gasteiger partial charge in [0.05, 0.1) is 10.7 Å². The van der Waals surface area contributed by atoms with Gasteiger partial charge in [-0.1, -0.05) is 43.6 Å². The first-order chi connectivity index (χ1) is 11.5. The van der Waals surface area contributed by atoms with Crippen LogP contribution in [0.25, 0.3) is 0 Å². The van der Waals surface area contributed by atoms with Crippen LogP contribution in [-0.4, -0.2) is 18.7 Å². The van der Waals surface area contributed by atoms with Crippen molar-refractivity contribution in [2.24, 2.45) is 5.10 Å². The van der Waals surface area contributed by atoms with Gasteiger partial charge in [0.15, 0.2) is 6.61 Å². The number of halogens is 2. The van der Waals surface area contributed by atoms with Gasteiger partial charge in [0.25, 0.3) is 5.91 Å². The molecule has 0 atom stereocenters. The van der Waals surface area contributed by atoms with Crippen LogP contribution < -0.4 is 10.2 Å². The molecule has 0 aliphatic rings. The Kier molecular flexibility index (Phi) is 6.82. The maximum Gasteiger partial charge on any atom is 0.277 e. The molecule has 24 heavy (non-hydrogen) atoms. The summed E-state index contributed by atoms with van der Waals surface area (Å²) in [5.74, 6) is 0.709. The molecule has 126 valence electrons. The van der Waals surface area contributed by atoms with E-state index in [1.807, 2.05) is 30.3 Å². The van der Waals surface area contributed by atoms with Gasteiger partial charge in [-0.25, -0.2) is 5.43 Å². The van der Waals surface area contributed by atoms with Crippen molar-refractivity contribution in [1.82, 2.24) is 5.43 Å². The summed E-state index contributed by atoms with van der Waals surface area (Å²) >= 11 is 9.33. The molecule has 0 heterocycles. The third-order valence-electron chi connectivity index (χ3n) is 3.23. The second-order valence-corrected chi connectivity index (χ2v) is 6.77. The maximum atomic E-state index is 11.8. The average Bonchev–Trinajstić information content (AvgIpc) is 2.53. The maximum absolute atomic E-state index is 11.8. The van der Waals surface area contributed by atoms with Gasteiger partial charge in [-0.2, -0.15) is 5.10 Å². The zero-order chi connectivity index (χ0) is 17.5. The van der Waals surface area contributed by atoms with Crippen molar-refractivity contribution >= 4 is 39.7 Å². The highest BCUT2D eigenvalue weighted by Gasteiger charge is 2.07. The predicted octanol–water partition coefficient (Wildman–Crippen LogP) is 4.76. The number of hydrazone groups is 1. The molecule has 0 unspecified atom stereocenters. The van der Waals surface area contributed by atoms with E-state index >= 15 is 0 Å². The molecule has 0 saturated carbocycles. The molecule has 2 aromatic rings. The van der Waals surface area contributed by atoms with Gasteiger partial charge >= 0.3 is 0 Å². The molecule has 0 radical (unpaired) electrons. The Bertz CT molecular complexity index is 748. The molecule has 0 spiro atoms. The minimum absolute atomic E-state index is 0.119. The fourth-order valence-corrected chi connectivity index (χ4v) is 2.64. The molecule has 2 aromatic carbocycles. The van der Waals surface area contributed by atoms with Crippen LogP contribution in [0.4, 0.5) is 0 Å². The predicted molar refractivity (Wildman–Crippen MR) is 101 cm³/mol. The van der Waals surface area contributed by atoms with E-state index in [1.165, 1.54) is 11.8 Å². The van der Waals surface area contributed by atoms with Crippen LogP contribution in [0.2, 0.25) is 5.02 Å². The van der Waals surface area contributed by atoms with Crippen LogP contribution in [0, 0.1) is 0 Å². The molecule has 0 aliphatic heterocycles. The number of nitrogens with one attached hydrogen (secondary N) is 1. The molecule has 0 fully saturated rings. The van der Waals surface area contributed by atoms with Gasteiger partial charge < -0.3 is 4.74 Å². The topological polar surface area (TPSA) is 50.7 Å². The summed E-state index contributed by atoms with van der Waals surface area (Å²) in [6, 6.07) is 13.0. The summed E-state index contributed by atoms with van der Waals surface area (Å²) in [5.41, 5.74) is 4.42. The molecule has 0 aliphatic carbocycles. The fraction of sp³-hybridized carbons (Fsp3) is 0.222. The highest BCUT2D eigenvalue weighted by molar-refractivity contribution is 9.10. The molecular formula is C18H18BrClN2O2. The average molecular weight is 410 g/mol. The minimum atomic E-state index is -0.340. The van der Waals surface area contributed by atoms with E-state index in [0.717, 1.165) is 10.0 Å². The number of hydrogen-bond acceptors (Lipinski definition) is 3. The lowest BCUT2D eigenvalue weighted by atomic mass is 10.0. The van der Waals surface area contributed by atoms with Gasteiger partial charge in [0.1, 0.15) is 5.75 Å². The van der Waals surface area contributed by atoms with Crippen LogP contribution in [0.15, 0.2) is 52.0 Å². The number of rotatable bonds is 6. The quantitative estimate of drug-likeness (QED) is 0.552. The number of nitrogens with zero attached hydrogens (tertiary/aromatic N) is 1. The number of carbonyl (C=O) groups excluding carboxylic acids is 1. The lowest BCUT2D eigenvalue weighted by molar-refractivity contribution is -0.123. The second kappa shape index (κ2) is 8.85. The summed E-state index contributed by atoms with van der Waals surface area (Å²) in [7, 11) is 0. The third kappa shape index (κ3) is 5.65. The summed E-state index contributed by atoms with van der Waals surface area (Å²) < 4.78 is 6.32. The van der Waals surface area contributed by atoms with Gasteiger partial charge in [0, 0.05) is 5.02 Å². The summed E-state index contributed by atoms with van der Waals surface area (Å²) in [6.07, 6.45) is 1.52. The van der Waals surface area contributed by atoms with E-state index in [1.54, 1.807) is 12.1 Å². The Morgan fingerprint density at radius 2 is 2.12 bits per heavy atom. The van der Waals surface area contributed by atoms with Gasteiger partial charge in [0.2, 0.25) is 0 Å². The molecule has 0 aromatic heterocycles. The second-order valence-electron chi connectivity index (χ2n) is 5.48. The Morgan fingerprint density at radius 1 is 1.33 bits per heavy atom. The van der Waals surface area contributed by atoms with Crippen LogP contribution >= 0.6 is 27.5 Å². The minimum Gasteiger partial charge on any atom is -0.483 e. The molecule has 0 bridgehead atoms. The van der Waals surface area contributed by atoms with E-state index in [4.69, 9.17) is 16.3 Å². The lowest BCUT2D eigenvalue weighted by Crippen LogP contribution is -2.24. The number of amides is 1. The van der Waals surface area contributed by atoms with Crippen LogP contribution in [0.1, 0.15) is 30.9 Å². The van der Waals surface area contributed by atoms with Crippen molar-refractivity contribution in [3.8, 4) is 5.75 Å². The van der Waals surface area contributed by atoms with Gasteiger partial charge in [-0.05, 0) is 57.2 Å². The number of carbonyl (C=O) groups is 1.